The van der Waals surface area contributed by atoms with Gasteiger partial charge in [-0.3, -0.25) is 4.79 Å². The number of carbonyl (C=O) groups excluding carboxylic acids is 1. The van der Waals surface area contributed by atoms with Crippen LogP contribution in [0.25, 0.3) is 11.1 Å². The Labute approximate surface area is 149 Å². The summed E-state index contributed by atoms with van der Waals surface area (Å²) in [6, 6.07) is 18.6. The third kappa shape index (κ3) is 4.91. The van der Waals surface area contributed by atoms with Gasteiger partial charge in [-0.25, -0.2) is 0 Å². The van der Waals surface area contributed by atoms with E-state index in [1.807, 2.05) is 30.3 Å². The lowest BCUT2D eigenvalue weighted by Crippen LogP contribution is -2.43. The first kappa shape index (κ1) is 17.6. The highest BCUT2D eigenvalue weighted by Gasteiger charge is 2.25. The van der Waals surface area contributed by atoms with Gasteiger partial charge in [-0.05, 0) is 42.1 Å². The summed E-state index contributed by atoms with van der Waals surface area (Å²) in [6.07, 6.45) is 1.94. The second-order valence-corrected chi connectivity index (χ2v) is 6.65. The predicted molar refractivity (Wildman–Crippen MR) is 100.0 cm³/mol. The molecular formula is C21H26N2O2. The molecule has 1 amide bonds. The summed E-state index contributed by atoms with van der Waals surface area (Å²) < 4.78 is 0. The Bertz CT molecular complexity index is 685. The Hall–Kier alpha value is -2.17. The minimum atomic E-state index is 0.0256. The summed E-state index contributed by atoms with van der Waals surface area (Å²) in [4.78, 5) is 14.6. The van der Waals surface area contributed by atoms with Gasteiger partial charge in [0.15, 0.2) is 0 Å². The van der Waals surface area contributed by atoms with Gasteiger partial charge in [0.25, 0.3) is 0 Å². The number of hydrogen-bond donors (Lipinski definition) is 2. The number of amides is 1. The quantitative estimate of drug-likeness (QED) is 0.851. The SMILES string of the molecule is O=C(NCc1cccc(-c2ccccc2)c1)[C@H]1CCCN(CCO)C1. The zero-order valence-corrected chi connectivity index (χ0v) is 14.5. The highest BCUT2D eigenvalue weighted by molar-refractivity contribution is 5.79. The van der Waals surface area contributed by atoms with Gasteiger partial charge >= 0.3 is 0 Å². The van der Waals surface area contributed by atoms with Crippen molar-refractivity contribution in [1.29, 1.82) is 0 Å². The molecule has 0 radical (unpaired) electrons. The van der Waals surface area contributed by atoms with Crippen LogP contribution in [-0.4, -0.2) is 42.2 Å². The van der Waals surface area contributed by atoms with E-state index in [4.69, 9.17) is 5.11 Å². The first-order valence-electron chi connectivity index (χ1n) is 9.01. The van der Waals surface area contributed by atoms with Crippen molar-refractivity contribution < 1.29 is 9.90 Å². The van der Waals surface area contributed by atoms with Gasteiger partial charge in [-0.15, -0.1) is 0 Å². The van der Waals surface area contributed by atoms with E-state index in [1.54, 1.807) is 0 Å². The average Bonchev–Trinajstić information content (AvgIpc) is 2.67. The average molecular weight is 338 g/mol. The maximum absolute atomic E-state index is 12.5. The van der Waals surface area contributed by atoms with E-state index in [1.165, 1.54) is 11.1 Å². The lowest BCUT2D eigenvalue weighted by Gasteiger charge is -2.31. The number of benzene rings is 2. The van der Waals surface area contributed by atoms with Crippen LogP contribution in [0.2, 0.25) is 0 Å². The summed E-state index contributed by atoms with van der Waals surface area (Å²) in [5.41, 5.74) is 3.46. The van der Waals surface area contributed by atoms with Crippen LogP contribution in [0, 0.1) is 5.92 Å². The van der Waals surface area contributed by atoms with E-state index >= 15 is 0 Å². The molecule has 25 heavy (non-hydrogen) atoms. The van der Waals surface area contributed by atoms with Crippen LogP contribution in [0.5, 0.6) is 0 Å². The molecule has 0 spiro atoms. The molecular weight excluding hydrogens is 312 g/mol. The monoisotopic (exact) mass is 338 g/mol. The van der Waals surface area contributed by atoms with Crippen LogP contribution in [0.1, 0.15) is 18.4 Å². The molecule has 1 atom stereocenters. The first-order valence-corrected chi connectivity index (χ1v) is 9.01. The fraction of sp³-hybridized carbons (Fsp3) is 0.381. The summed E-state index contributed by atoms with van der Waals surface area (Å²) in [7, 11) is 0. The molecule has 2 aromatic carbocycles. The van der Waals surface area contributed by atoms with E-state index in [-0.39, 0.29) is 18.4 Å². The van der Waals surface area contributed by atoms with E-state index in [0.29, 0.717) is 13.1 Å². The summed E-state index contributed by atoms with van der Waals surface area (Å²) in [6.45, 7) is 3.08. The molecule has 0 aromatic heterocycles. The minimum absolute atomic E-state index is 0.0256. The molecule has 3 rings (SSSR count). The van der Waals surface area contributed by atoms with Gasteiger partial charge in [0.2, 0.25) is 5.91 Å². The third-order valence-electron chi connectivity index (χ3n) is 4.79. The molecule has 2 aromatic rings. The maximum Gasteiger partial charge on any atom is 0.224 e. The summed E-state index contributed by atoms with van der Waals surface area (Å²) >= 11 is 0. The molecule has 1 fully saturated rings. The number of likely N-dealkylation sites (tertiary alicyclic amines) is 1. The van der Waals surface area contributed by atoms with Gasteiger partial charge in [0.05, 0.1) is 12.5 Å². The number of β-amino-alcohol motifs (C(OH)–C–C–N with tert-alkyl or cyclic N) is 1. The number of carbonyl (C=O) groups is 1. The van der Waals surface area contributed by atoms with Crippen molar-refractivity contribution in [2.45, 2.75) is 19.4 Å². The Morgan fingerprint density at radius 1 is 1.12 bits per heavy atom. The van der Waals surface area contributed by atoms with E-state index in [0.717, 1.165) is 31.5 Å². The lowest BCUT2D eigenvalue weighted by molar-refractivity contribution is -0.126. The molecule has 1 heterocycles. The van der Waals surface area contributed by atoms with Crippen LogP contribution >= 0.6 is 0 Å². The first-order chi connectivity index (χ1) is 12.3. The van der Waals surface area contributed by atoms with Crippen molar-refractivity contribution in [3.8, 4) is 11.1 Å². The van der Waals surface area contributed by atoms with Crippen LogP contribution < -0.4 is 5.32 Å². The molecule has 4 heteroatoms. The van der Waals surface area contributed by atoms with Gasteiger partial charge in [0, 0.05) is 19.6 Å². The Morgan fingerprint density at radius 3 is 2.72 bits per heavy atom. The van der Waals surface area contributed by atoms with Crippen molar-refractivity contribution in [1.82, 2.24) is 10.2 Å². The number of nitrogens with zero attached hydrogens (tertiary/aromatic N) is 1. The Morgan fingerprint density at radius 2 is 1.92 bits per heavy atom. The molecule has 4 nitrogen and oxygen atoms in total. The number of nitrogens with one attached hydrogen (secondary N) is 1. The third-order valence-corrected chi connectivity index (χ3v) is 4.79. The lowest BCUT2D eigenvalue weighted by atomic mass is 9.97. The number of aliphatic hydroxyl groups excluding tert-OH is 1. The molecule has 1 aliphatic heterocycles. The maximum atomic E-state index is 12.5. The molecule has 2 N–H and O–H groups in total. The van der Waals surface area contributed by atoms with E-state index in [9.17, 15) is 4.79 Å². The van der Waals surface area contributed by atoms with Gasteiger partial charge in [0.1, 0.15) is 0 Å². The van der Waals surface area contributed by atoms with Gasteiger partial charge in [-0.1, -0.05) is 48.5 Å². The van der Waals surface area contributed by atoms with Crippen molar-refractivity contribution in [3.05, 3.63) is 60.2 Å². The fourth-order valence-electron chi connectivity index (χ4n) is 3.44. The Balaban J connectivity index is 1.57. The molecule has 0 aliphatic carbocycles. The fourth-order valence-corrected chi connectivity index (χ4v) is 3.44. The molecule has 132 valence electrons. The van der Waals surface area contributed by atoms with Crippen molar-refractivity contribution in [3.63, 3.8) is 0 Å². The standard InChI is InChI=1S/C21H26N2O2/c24-13-12-23-11-5-10-20(16-23)21(25)22-15-17-6-4-9-19(14-17)18-7-2-1-3-8-18/h1-4,6-9,14,20,24H,5,10-13,15-16H2,(H,22,25)/t20-/m0/s1. The highest BCUT2D eigenvalue weighted by Crippen LogP contribution is 2.20. The molecule has 1 aliphatic rings. The summed E-state index contributed by atoms with van der Waals surface area (Å²) in [5.74, 6) is 0.144. The van der Waals surface area contributed by atoms with Crippen molar-refractivity contribution in [2.24, 2.45) is 5.92 Å². The molecule has 0 unspecified atom stereocenters. The van der Waals surface area contributed by atoms with Gasteiger partial charge in [-0.2, -0.15) is 0 Å². The highest BCUT2D eigenvalue weighted by atomic mass is 16.3. The zero-order chi connectivity index (χ0) is 17.5. The normalized spacial score (nSPS) is 18.0. The van der Waals surface area contributed by atoms with Crippen LogP contribution in [0.4, 0.5) is 0 Å². The number of rotatable bonds is 6. The van der Waals surface area contributed by atoms with Crippen LogP contribution in [-0.2, 0) is 11.3 Å². The predicted octanol–water partition coefficient (Wildman–Crippen LogP) is 2.67. The van der Waals surface area contributed by atoms with E-state index in [2.05, 4.69) is 34.5 Å². The minimum Gasteiger partial charge on any atom is -0.395 e. The topological polar surface area (TPSA) is 52.6 Å². The molecule has 1 saturated heterocycles. The zero-order valence-electron chi connectivity index (χ0n) is 14.5. The van der Waals surface area contributed by atoms with Crippen LogP contribution in [0.15, 0.2) is 54.6 Å². The number of piperidine rings is 1. The molecule has 0 saturated carbocycles. The number of aliphatic hydroxyl groups is 1. The van der Waals surface area contributed by atoms with Crippen molar-refractivity contribution >= 4 is 5.91 Å². The second kappa shape index (κ2) is 8.79. The number of hydrogen-bond acceptors (Lipinski definition) is 3. The van der Waals surface area contributed by atoms with Crippen LogP contribution in [0.3, 0.4) is 0 Å². The second-order valence-electron chi connectivity index (χ2n) is 6.65. The smallest absolute Gasteiger partial charge is 0.224 e. The largest absolute Gasteiger partial charge is 0.395 e. The van der Waals surface area contributed by atoms with Gasteiger partial charge < -0.3 is 15.3 Å². The van der Waals surface area contributed by atoms with E-state index < -0.39 is 0 Å². The summed E-state index contributed by atoms with van der Waals surface area (Å²) in [5, 5.41) is 12.2. The van der Waals surface area contributed by atoms with Crippen molar-refractivity contribution in [2.75, 3.05) is 26.2 Å². The molecule has 0 bridgehead atoms. The Kier molecular flexibility index (Phi) is 6.20.